The maximum Gasteiger partial charge on any atom is 0.0897 e. The van der Waals surface area contributed by atoms with E-state index in [4.69, 9.17) is 11.6 Å². The smallest absolute Gasteiger partial charge is 0.0897 e. The van der Waals surface area contributed by atoms with Gasteiger partial charge in [0, 0.05) is 15.7 Å². The Morgan fingerprint density at radius 2 is 2.11 bits per heavy atom. The van der Waals surface area contributed by atoms with Gasteiger partial charge in [-0.05, 0) is 37.3 Å². The molecule has 1 atom stereocenters. The topological polar surface area (TPSA) is 12.9 Å². The second kappa shape index (κ2) is 6.69. The molecule has 0 saturated carbocycles. The molecule has 1 unspecified atom stereocenters. The van der Waals surface area contributed by atoms with E-state index in [2.05, 4.69) is 44.5 Å². The van der Waals surface area contributed by atoms with Crippen molar-refractivity contribution in [2.45, 2.75) is 19.8 Å². The highest BCUT2D eigenvalue weighted by Crippen LogP contribution is 2.22. The fraction of sp³-hybridized carbons (Fsp3) is 0.357. The Morgan fingerprint density at radius 3 is 2.72 bits per heavy atom. The fourth-order valence-electron chi connectivity index (χ4n) is 1.95. The summed E-state index contributed by atoms with van der Waals surface area (Å²) in [6.07, 6.45) is 1.94. The zero-order valence-electron chi connectivity index (χ0n) is 10.2. The normalized spacial score (nSPS) is 12.6. The molecule has 0 radical (unpaired) electrons. The van der Waals surface area contributed by atoms with Crippen LogP contribution in [0.1, 0.15) is 16.3 Å². The Labute approximate surface area is 125 Å². The molecule has 0 aliphatic carbocycles. The van der Waals surface area contributed by atoms with Crippen molar-refractivity contribution in [2.24, 2.45) is 5.92 Å². The number of nitrogens with zero attached hydrogens (tertiary/aromatic N) is 1. The van der Waals surface area contributed by atoms with Gasteiger partial charge in [0.05, 0.1) is 10.7 Å². The summed E-state index contributed by atoms with van der Waals surface area (Å²) < 4.78 is 1.16. The van der Waals surface area contributed by atoms with Crippen LogP contribution in [0.3, 0.4) is 0 Å². The van der Waals surface area contributed by atoms with Gasteiger partial charge in [-0.3, -0.25) is 0 Å². The maximum atomic E-state index is 6.09. The van der Waals surface area contributed by atoms with Gasteiger partial charge in [-0.1, -0.05) is 34.1 Å². The van der Waals surface area contributed by atoms with Gasteiger partial charge in [0.15, 0.2) is 0 Å². The Morgan fingerprint density at radius 1 is 1.33 bits per heavy atom. The predicted molar refractivity (Wildman–Crippen MR) is 82.6 cm³/mol. The molecule has 0 spiro atoms. The van der Waals surface area contributed by atoms with Crippen molar-refractivity contribution < 1.29 is 0 Å². The summed E-state index contributed by atoms with van der Waals surface area (Å²) in [5.41, 5.74) is 2.48. The monoisotopic (exact) mass is 343 g/mol. The van der Waals surface area contributed by atoms with Gasteiger partial charge >= 0.3 is 0 Å². The highest BCUT2D eigenvalue weighted by atomic mass is 79.9. The number of hydrogen-bond acceptors (Lipinski definition) is 2. The van der Waals surface area contributed by atoms with Crippen LogP contribution >= 0.6 is 38.9 Å². The first-order valence-electron chi connectivity index (χ1n) is 5.89. The van der Waals surface area contributed by atoms with Crippen molar-refractivity contribution in [1.82, 2.24) is 4.98 Å². The number of alkyl halides is 1. The molecule has 0 bridgehead atoms. The summed E-state index contributed by atoms with van der Waals surface area (Å²) in [4.78, 5) is 4.51. The van der Waals surface area contributed by atoms with E-state index in [1.807, 2.05) is 13.0 Å². The van der Waals surface area contributed by atoms with Gasteiger partial charge in [-0.2, -0.15) is 0 Å². The SMILES string of the molecule is Cc1nc(CC(CCl)Cc2ccccc2Br)cs1. The van der Waals surface area contributed by atoms with Crippen LogP contribution in [-0.2, 0) is 12.8 Å². The summed E-state index contributed by atoms with van der Waals surface area (Å²) in [7, 11) is 0. The van der Waals surface area contributed by atoms with Gasteiger partial charge in [-0.15, -0.1) is 22.9 Å². The van der Waals surface area contributed by atoms with Crippen LogP contribution in [-0.4, -0.2) is 10.9 Å². The summed E-state index contributed by atoms with van der Waals surface area (Å²) in [5, 5.41) is 3.26. The molecule has 0 aliphatic rings. The molecular formula is C14H15BrClNS. The minimum Gasteiger partial charge on any atom is -0.247 e. The lowest BCUT2D eigenvalue weighted by Gasteiger charge is -2.13. The first-order chi connectivity index (χ1) is 8.69. The minimum absolute atomic E-state index is 0.437. The molecule has 1 nitrogen and oxygen atoms in total. The molecule has 0 amide bonds. The highest BCUT2D eigenvalue weighted by Gasteiger charge is 2.13. The summed E-state index contributed by atoms with van der Waals surface area (Å²) in [6, 6.07) is 8.33. The third-order valence-electron chi connectivity index (χ3n) is 2.85. The van der Waals surface area contributed by atoms with E-state index in [1.54, 1.807) is 11.3 Å². The van der Waals surface area contributed by atoms with E-state index < -0.39 is 0 Å². The Kier molecular flexibility index (Phi) is 5.22. The molecule has 4 heteroatoms. The van der Waals surface area contributed by atoms with E-state index in [0.717, 1.165) is 28.0 Å². The van der Waals surface area contributed by atoms with E-state index in [9.17, 15) is 0 Å². The molecular weight excluding hydrogens is 330 g/mol. The van der Waals surface area contributed by atoms with Crippen molar-refractivity contribution in [2.75, 3.05) is 5.88 Å². The lowest BCUT2D eigenvalue weighted by Crippen LogP contribution is -2.10. The van der Waals surface area contributed by atoms with Gasteiger partial charge < -0.3 is 0 Å². The molecule has 1 aromatic carbocycles. The van der Waals surface area contributed by atoms with Crippen LogP contribution in [0.15, 0.2) is 34.1 Å². The summed E-state index contributed by atoms with van der Waals surface area (Å²) in [5.74, 6) is 1.10. The number of aryl methyl sites for hydroxylation is 1. The van der Waals surface area contributed by atoms with Crippen molar-refractivity contribution in [3.05, 3.63) is 50.4 Å². The van der Waals surface area contributed by atoms with Crippen molar-refractivity contribution in [1.29, 1.82) is 0 Å². The first-order valence-corrected chi connectivity index (χ1v) is 8.10. The third-order valence-corrected chi connectivity index (χ3v) is 4.88. The van der Waals surface area contributed by atoms with Gasteiger partial charge in [0.2, 0.25) is 0 Å². The van der Waals surface area contributed by atoms with E-state index in [-0.39, 0.29) is 0 Å². The number of thiazole rings is 1. The van der Waals surface area contributed by atoms with E-state index in [0.29, 0.717) is 11.8 Å². The molecule has 0 aliphatic heterocycles. The lowest BCUT2D eigenvalue weighted by molar-refractivity contribution is 0.575. The summed E-state index contributed by atoms with van der Waals surface area (Å²) in [6.45, 7) is 2.04. The van der Waals surface area contributed by atoms with E-state index >= 15 is 0 Å². The molecule has 0 fully saturated rings. The van der Waals surface area contributed by atoms with Crippen molar-refractivity contribution in [3.8, 4) is 0 Å². The summed E-state index contributed by atoms with van der Waals surface area (Å²) >= 11 is 11.4. The highest BCUT2D eigenvalue weighted by molar-refractivity contribution is 9.10. The van der Waals surface area contributed by atoms with Crippen molar-refractivity contribution in [3.63, 3.8) is 0 Å². The molecule has 2 rings (SSSR count). The van der Waals surface area contributed by atoms with Crippen LogP contribution < -0.4 is 0 Å². The molecule has 96 valence electrons. The number of aromatic nitrogens is 1. The largest absolute Gasteiger partial charge is 0.247 e. The average molecular weight is 345 g/mol. The van der Waals surface area contributed by atoms with Gasteiger partial charge in [-0.25, -0.2) is 4.98 Å². The molecule has 1 aromatic heterocycles. The second-order valence-electron chi connectivity index (χ2n) is 4.38. The molecule has 2 aromatic rings. The number of rotatable bonds is 5. The van der Waals surface area contributed by atoms with Crippen LogP contribution in [0.2, 0.25) is 0 Å². The Bertz CT molecular complexity index is 512. The third kappa shape index (κ3) is 3.81. The number of halogens is 2. The van der Waals surface area contributed by atoms with Crippen LogP contribution in [0, 0.1) is 12.8 Å². The van der Waals surface area contributed by atoms with E-state index in [1.165, 1.54) is 5.56 Å². The van der Waals surface area contributed by atoms with Crippen LogP contribution in [0.25, 0.3) is 0 Å². The first kappa shape index (κ1) is 14.0. The van der Waals surface area contributed by atoms with Crippen LogP contribution in [0.4, 0.5) is 0 Å². The zero-order chi connectivity index (χ0) is 13.0. The zero-order valence-corrected chi connectivity index (χ0v) is 13.4. The molecule has 0 N–H and O–H groups in total. The van der Waals surface area contributed by atoms with Gasteiger partial charge in [0.25, 0.3) is 0 Å². The standard InChI is InChI=1S/C14H15BrClNS/c1-10-17-13(9-18-10)7-11(8-16)6-12-4-2-3-5-14(12)15/h2-5,9,11H,6-8H2,1H3. The quantitative estimate of drug-likeness (QED) is 0.706. The second-order valence-corrected chi connectivity index (χ2v) is 6.60. The Hall–Kier alpha value is -0.380. The number of hydrogen-bond donors (Lipinski definition) is 0. The minimum atomic E-state index is 0.437. The van der Waals surface area contributed by atoms with Crippen LogP contribution in [0.5, 0.6) is 0 Å². The number of benzene rings is 1. The predicted octanol–water partition coefficient (Wildman–Crippen LogP) is 4.85. The fourth-order valence-corrected chi connectivity index (χ4v) is 3.24. The molecule has 18 heavy (non-hydrogen) atoms. The lowest BCUT2D eigenvalue weighted by atomic mass is 9.97. The Balaban J connectivity index is 2.04. The maximum absolute atomic E-state index is 6.09. The average Bonchev–Trinajstić information content (AvgIpc) is 2.76. The van der Waals surface area contributed by atoms with Crippen molar-refractivity contribution >= 4 is 38.9 Å². The molecule has 0 saturated heterocycles. The molecule has 1 heterocycles. The van der Waals surface area contributed by atoms with Gasteiger partial charge in [0.1, 0.15) is 0 Å².